The summed E-state index contributed by atoms with van der Waals surface area (Å²) < 4.78 is 76.8. The molecule has 5 heterocycles. The van der Waals surface area contributed by atoms with Gasteiger partial charge in [0.15, 0.2) is 11.5 Å². The zero-order chi connectivity index (χ0) is 30.3. The van der Waals surface area contributed by atoms with Crippen LogP contribution in [-0.4, -0.2) is 72.2 Å². The number of carbonyl (C=O) groups is 2. The Morgan fingerprint density at radius 2 is 1.86 bits per heavy atom. The number of nitrogens with one attached hydrogen (secondary N) is 1. The van der Waals surface area contributed by atoms with Crippen molar-refractivity contribution in [2.75, 3.05) is 13.1 Å². The lowest BCUT2D eigenvalue weighted by molar-refractivity contribution is 0.00356. The molecular weight excluding hydrogens is 565 g/mol. The molecule has 0 bridgehead atoms. The van der Waals surface area contributed by atoms with E-state index in [0.29, 0.717) is 30.1 Å². The Morgan fingerprint density at radius 1 is 1.10 bits per heavy atom. The highest BCUT2D eigenvalue weighted by molar-refractivity contribution is 5.99. The number of likely N-dealkylation sites (tertiary alicyclic amines) is 1. The molecule has 1 aliphatic rings. The zero-order valence-corrected chi connectivity index (χ0v) is 23.0. The van der Waals surface area contributed by atoms with E-state index in [1.807, 2.05) is 0 Å². The normalized spacial score (nSPS) is 17.1. The van der Waals surface area contributed by atoms with Crippen molar-refractivity contribution in [3.63, 3.8) is 0 Å². The first-order valence-electron chi connectivity index (χ1n) is 13.2. The average Bonchev–Trinajstić information content (AvgIpc) is 3.40. The number of hydrogen-bond donors (Lipinski definition) is 1. The fourth-order valence-corrected chi connectivity index (χ4v) is 4.90. The van der Waals surface area contributed by atoms with E-state index in [1.54, 1.807) is 20.8 Å². The van der Waals surface area contributed by atoms with Crippen LogP contribution in [0.15, 0.2) is 30.7 Å². The minimum absolute atomic E-state index is 0.00179. The first-order valence-corrected chi connectivity index (χ1v) is 13.2. The van der Waals surface area contributed by atoms with Crippen LogP contribution in [0.25, 0.3) is 27.9 Å². The van der Waals surface area contributed by atoms with Crippen LogP contribution in [0.4, 0.5) is 26.7 Å². The molecule has 0 aromatic carbocycles. The number of carbonyl (C=O) groups excluding carboxylic acids is 2. The predicted octanol–water partition coefficient (Wildman–Crippen LogP) is 5.28. The summed E-state index contributed by atoms with van der Waals surface area (Å²) >= 11 is 0. The smallest absolute Gasteiger partial charge is 0.407 e. The number of amides is 2. The SMILES string of the molecule is CC(C)(C)OC(=O)NC1CCCCN(C(=O)c2cc3c(cn2)c(-c2cnc4c(F)cc(F)cn24)nn3C(F)C(F)F)C1. The molecule has 2 atom stereocenters. The van der Waals surface area contributed by atoms with Crippen molar-refractivity contribution in [2.24, 2.45) is 0 Å². The van der Waals surface area contributed by atoms with E-state index in [1.165, 1.54) is 11.1 Å². The summed E-state index contributed by atoms with van der Waals surface area (Å²) in [5.74, 6) is -2.46. The van der Waals surface area contributed by atoms with Gasteiger partial charge in [0.1, 0.15) is 22.8 Å². The van der Waals surface area contributed by atoms with Gasteiger partial charge in [0, 0.05) is 43.0 Å². The van der Waals surface area contributed by atoms with Gasteiger partial charge in [-0.2, -0.15) is 5.10 Å². The molecular formula is C27H28F5N7O3. The lowest BCUT2D eigenvalue weighted by atomic mass is 10.1. The molecule has 0 aliphatic carbocycles. The summed E-state index contributed by atoms with van der Waals surface area (Å²) in [5, 5.41) is 6.83. The maximum atomic E-state index is 14.8. The number of hydrogen-bond acceptors (Lipinski definition) is 6. The van der Waals surface area contributed by atoms with E-state index in [-0.39, 0.29) is 40.2 Å². The van der Waals surface area contributed by atoms with Gasteiger partial charge in [-0.15, -0.1) is 0 Å². The first-order chi connectivity index (χ1) is 19.8. The molecule has 15 heteroatoms. The van der Waals surface area contributed by atoms with Crippen molar-refractivity contribution in [3.8, 4) is 11.4 Å². The monoisotopic (exact) mass is 593 g/mol. The standard InChI is InChI=1S/C27H28F5N7O3/c1-27(2,3)42-26(41)35-15-6-4-5-7-37(13-15)25(40)18-9-19-16(10-33-18)21(36-39(19)23(32)22(30)31)20-11-34-24-17(29)8-14(28)12-38(20)24/h8-12,15,22-23H,4-7,13H2,1-3H3,(H,35,41). The minimum atomic E-state index is -3.46. The third kappa shape index (κ3) is 5.85. The van der Waals surface area contributed by atoms with E-state index in [2.05, 4.69) is 20.4 Å². The highest BCUT2D eigenvalue weighted by Gasteiger charge is 2.30. The predicted molar refractivity (Wildman–Crippen MR) is 141 cm³/mol. The van der Waals surface area contributed by atoms with Crippen molar-refractivity contribution in [2.45, 2.75) is 64.4 Å². The molecule has 1 fully saturated rings. The largest absolute Gasteiger partial charge is 0.444 e. The third-order valence-electron chi connectivity index (χ3n) is 6.70. The number of alkyl carbamates (subject to hydrolysis) is 1. The van der Waals surface area contributed by atoms with Crippen LogP contribution in [-0.2, 0) is 4.74 Å². The van der Waals surface area contributed by atoms with Gasteiger partial charge in [0.05, 0.1) is 17.4 Å². The van der Waals surface area contributed by atoms with E-state index in [0.717, 1.165) is 29.3 Å². The fourth-order valence-electron chi connectivity index (χ4n) is 4.90. The number of aromatic nitrogens is 5. The Kier molecular flexibility index (Phi) is 7.77. The Labute approximate surface area is 236 Å². The van der Waals surface area contributed by atoms with Crippen LogP contribution >= 0.6 is 0 Å². The number of ether oxygens (including phenoxy) is 1. The van der Waals surface area contributed by atoms with Gasteiger partial charge in [-0.3, -0.25) is 14.2 Å². The molecule has 1 aliphatic heterocycles. The van der Waals surface area contributed by atoms with Gasteiger partial charge in [-0.05, 0) is 46.1 Å². The van der Waals surface area contributed by atoms with E-state index in [9.17, 15) is 31.5 Å². The number of fused-ring (bicyclic) bond motifs is 2. The number of pyridine rings is 2. The average molecular weight is 594 g/mol. The van der Waals surface area contributed by atoms with Crippen molar-refractivity contribution < 1.29 is 36.3 Å². The number of rotatable bonds is 5. The second kappa shape index (κ2) is 11.2. The van der Waals surface area contributed by atoms with Crippen LogP contribution in [0.5, 0.6) is 0 Å². The van der Waals surface area contributed by atoms with Crippen LogP contribution in [0.1, 0.15) is 56.8 Å². The van der Waals surface area contributed by atoms with Crippen LogP contribution in [0.2, 0.25) is 0 Å². The van der Waals surface area contributed by atoms with Crippen molar-refractivity contribution in [1.82, 2.24) is 34.4 Å². The summed E-state index contributed by atoms with van der Waals surface area (Å²) in [5.41, 5.74) is -1.42. The quantitative estimate of drug-likeness (QED) is 0.316. The maximum absolute atomic E-state index is 14.8. The zero-order valence-electron chi connectivity index (χ0n) is 23.0. The molecule has 2 amide bonds. The van der Waals surface area contributed by atoms with Crippen LogP contribution in [0.3, 0.4) is 0 Å². The van der Waals surface area contributed by atoms with E-state index in [4.69, 9.17) is 4.74 Å². The fraction of sp³-hybridized carbons (Fsp3) is 0.444. The van der Waals surface area contributed by atoms with E-state index < -0.39 is 48.0 Å². The number of imidazole rings is 1. The van der Waals surface area contributed by atoms with Crippen molar-refractivity contribution >= 4 is 28.6 Å². The lowest BCUT2D eigenvalue weighted by Crippen LogP contribution is -2.46. The van der Waals surface area contributed by atoms with Gasteiger partial charge in [-0.25, -0.2) is 36.4 Å². The summed E-state index contributed by atoms with van der Waals surface area (Å²) in [6.07, 6.45) is -1.76. The molecule has 4 aromatic heterocycles. The maximum Gasteiger partial charge on any atom is 0.407 e. The van der Waals surface area contributed by atoms with Crippen molar-refractivity contribution in [3.05, 3.63) is 48.1 Å². The van der Waals surface area contributed by atoms with Gasteiger partial charge in [0.2, 0.25) is 0 Å². The number of halogens is 5. The molecule has 5 rings (SSSR count). The summed E-state index contributed by atoms with van der Waals surface area (Å²) in [6.45, 7) is 5.68. The highest BCUT2D eigenvalue weighted by Crippen LogP contribution is 2.33. The topological polar surface area (TPSA) is 107 Å². The Bertz CT molecular complexity index is 1650. The molecule has 1 saturated heterocycles. The Balaban J connectivity index is 1.50. The molecule has 4 aromatic rings. The molecule has 42 heavy (non-hydrogen) atoms. The van der Waals surface area contributed by atoms with Crippen molar-refractivity contribution in [1.29, 1.82) is 0 Å². The van der Waals surface area contributed by atoms with E-state index >= 15 is 0 Å². The number of nitrogens with zero attached hydrogens (tertiary/aromatic N) is 6. The first kappa shape index (κ1) is 29.2. The second-order valence-electron chi connectivity index (χ2n) is 11.0. The molecule has 0 saturated carbocycles. The highest BCUT2D eigenvalue weighted by atomic mass is 19.3. The van der Waals surface area contributed by atoms with Gasteiger partial charge >= 0.3 is 6.09 Å². The molecule has 0 radical (unpaired) electrons. The minimum Gasteiger partial charge on any atom is -0.444 e. The molecule has 2 unspecified atom stereocenters. The molecule has 224 valence electrons. The van der Waals surface area contributed by atoms with Gasteiger partial charge in [0.25, 0.3) is 18.6 Å². The van der Waals surface area contributed by atoms with Crippen LogP contribution < -0.4 is 5.32 Å². The number of alkyl halides is 3. The van der Waals surface area contributed by atoms with Gasteiger partial charge in [-0.1, -0.05) is 0 Å². The molecule has 10 nitrogen and oxygen atoms in total. The summed E-state index contributed by atoms with van der Waals surface area (Å²) in [7, 11) is 0. The van der Waals surface area contributed by atoms with Crippen LogP contribution in [0, 0.1) is 11.6 Å². The lowest BCUT2D eigenvalue weighted by Gasteiger charge is -2.26. The summed E-state index contributed by atoms with van der Waals surface area (Å²) in [4.78, 5) is 35.4. The third-order valence-corrected chi connectivity index (χ3v) is 6.70. The second-order valence-corrected chi connectivity index (χ2v) is 11.0. The molecule has 1 N–H and O–H groups in total. The molecule has 0 spiro atoms. The summed E-state index contributed by atoms with van der Waals surface area (Å²) in [6, 6.07) is 1.37. The Morgan fingerprint density at radius 3 is 2.57 bits per heavy atom. The Hall–Kier alpha value is -4.30. The van der Waals surface area contributed by atoms with Gasteiger partial charge < -0.3 is 15.0 Å².